The largest absolute Gasteiger partial charge is 0.352 e. The summed E-state index contributed by atoms with van der Waals surface area (Å²) in [5, 5.41) is 5.12. The molecule has 1 aromatic carbocycles. The number of hydrogen-bond acceptors (Lipinski definition) is 5. The third kappa shape index (κ3) is 4.95. The fourth-order valence-electron chi connectivity index (χ4n) is 3.47. The molecule has 0 aliphatic heterocycles. The first kappa shape index (κ1) is 19.1. The van der Waals surface area contributed by atoms with Gasteiger partial charge >= 0.3 is 0 Å². The molecule has 0 saturated heterocycles. The Bertz CT molecular complexity index is 765. The second-order valence-corrected chi connectivity index (χ2v) is 8.39. The Morgan fingerprint density at radius 2 is 2.00 bits per heavy atom. The summed E-state index contributed by atoms with van der Waals surface area (Å²) >= 11 is 1.51. The second-order valence-electron chi connectivity index (χ2n) is 7.42. The maximum absolute atomic E-state index is 12.4. The summed E-state index contributed by atoms with van der Waals surface area (Å²) in [5.41, 5.74) is 0.933. The molecular weight excluding hydrogens is 344 g/mol. The highest BCUT2D eigenvalue weighted by molar-refractivity contribution is 8.00. The molecule has 0 radical (unpaired) electrons. The molecule has 2 aromatic rings. The van der Waals surface area contributed by atoms with Gasteiger partial charge in [0.25, 0.3) is 0 Å². The van der Waals surface area contributed by atoms with Gasteiger partial charge in [-0.15, -0.1) is 0 Å². The number of thioether (sulfide) groups is 1. The summed E-state index contributed by atoms with van der Waals surface area (Å²) in [5.74, 6) is 1.86. The van der Waals surface area contributed by atoms with E-state index in [1.54, 1.807) is 0 Å². The van der Waals surface area contributed by atoms with Gasteiger partial charge in [-0.05, 0) is 38.9 Å². The predicted octanol–water partition coefficient (Wildman–Crippen LogP) is 3.48. The van der Waals surface area contributed by atoms with Crippen molar-refractivity contribution in [1.29, 1.82) is 0 Å². The number of nitrogens with one attached hydrogen (secondary N) is 1. The van der Waals surface area contributed by atoms with Gasteiger partial charge in [-0.3, -0.25) is 4.79 Å². The zero-order valence-electron chi connectivity index (χ0n) is 15.9. The molecular formula is C20H28N4OS. The van der Waals surface area contributed by atoms with Crippen LogP contribution in [0.2, 0.25) is 0 Å². The zero-order valence-corrected chi connectivity index (χ0v) is 16.7. The van der Waals surface area contributed by atoms with Gasteiger partial charge in [-0.25, -0.2) is 9.97 Å². The van der Waals surface area contributed by atoms with Crippen molar-refractivity contribution in [1.82, 2.24) is 20.2 Å². The summed E-state index contributed by atoms with van der Waals surface area (Å²) in [6.45, 7) is 2.92. The lowest BCUT2D eigenvalue weighted by atomic mass is 9.86. The van der Waals surface area contributed by atoms with Crippen LogP contribution in [0.1, 0.15) is 38.4 Å². The van der Waals surface area contributed by atoms with Crippen molar-refractivity contribution < 1.29 is 4.79 Å². The summed E-state index contributed by atoms with van der Waals surface area (Å²) in [4.78, 5) is 23.8. The first-order valence-corrected chi connectivity index (χ1v) is 10.3. The van der Waals surface area contributed by atoms with E-state index in [1.807, 2.05) is 38.4 Å². The lowest BCUT2D eigenvalue weighted by Gasteiger charge is -2.29. The number of fused-ring (bicyclic) bond motifs is 1. The molecule has 1 aliphatic carbocycles. The van der Waals surface area contributed by atoms with E-state index in [0.717, 1.165) is 28.2 Å². The first-order chi connectivity index (χ1) is 12.5. The molecule has 0 bridgehead atoms. The van der Waals surface area contributed by atoms with Crippen LogP contribution in [-0.2, 0) is 11.3 Å². The smallest absolute Gasteiger partial charge is 0.230 e. The normalized spacial score (nSPS) is 20.5. The molecule has 0 spiro atoms. The first-order valence-electron chi connectivity index (χ1n) is 9.35. The molecule has 3 rings (SSSR count). The van der Waals surface area contributed by atoms with Crippen molar-refractivity contribution in [3.05, 3.63) is 30.1 Å². The van der Waals surface area contributed by atoms with Crippen molar-refractivity contribution in [2.24, 2.45) is 5.92 Å². The van der Waals surface area contributed by atoms with Gasteiger partial charge in [0, 0.05) is 11.4 Å². The molecule has 1 aliphatic rings. The maximum Gasteiger partial charge on any atom is 0.230 e. The fourth-order valence-corrected chi connectivity index (χ4v) is 4.32. The van der Waals surface area contributed by atoms with Gasteiger partial charge in [0.15, 0.2) is 0 Å². The predicted molar refractivity (Wildman–Crippen MR) is 107 cm³/mol. The van der Waals surface area contributed by atoms with Crippen LogP contribution in [0.3, 0.4) is 0 Å². The fraction of sp³-hybridized carbons (Fsp3) is 0.550. The SMILES string of the molecule is C[C@@H]1CCCC[C@@H]1NC(=O)CSc1nc(CN(C)C)nc2ccccc12. The molecule has 1 fully saturated rings. The lowest BCUT2D eigenvalue weighted by Crippen LogP contribution is -2.41. The second kappa shape index (κ2) is 8.82. The molecule has 1 saturated carbocycles. The van der Waals surface area contributed by atoms with Crippen LogP contribution in [0.15, 0.2) is 29.3 Å². The molecule has 140 valence electrons. The number of aromatic nitrogens is 2. The van der Waals surface area contributed by atoms with E-state index in [9.17, 15) is 4.79 Å². The van der Waals surface area contributed by atoms with Gasteiger partial charge in [0.05, 0.1) is 17.8 Å². The molecule has 2 atom stereocenters. The molecule has 1 amide bonds. The van der Waals surface area contributed by atoms with E-state index in [-0.39, 0.29) is 5.91 Å². The van der Waals surface area contributed by atoms with Gasteiger partial charge < -0.3 is 10.2 Å². The number of carbonyl (C=O) groups excluding carboxylic acids is 1. The van der Waals surface area contributed by atoms with Crippen LogP contribution >= 0.6 is 11.8 Å². The average molecular weight is 373 g/mol. The van der Waals surface area contributed by atoms with Gasteiger partial charge in [0.1, 0.15) is 10.9 Å². The van der Waals surface area contributed by atoms with Crippen molar-refractivity contribution in [3.63, 3.8) is 0 Å². The number of para-hydroxylation sites is 1. The van der Waals surface area contributed by atoms with Crippen molar-refractivity contribution >= 4 is 28.6 Å². The van der Waals surface area contributed by atoms with Crippen LogP contribution < -0.4 is 5.32 Å². The van der Waals surface area contributed by atoms with Gasteiger partial charge in [-0.2, -0.15) is 0 Å². The Hall–Kier alpha value is -1.66. The highest BCUT2D eigenvalue weighted by atomic mass is 32.2. The van der Waals surface area contributed by atoms with E-state index in [2.05, 4.69) is 22.1 Å². The maximum atomic E-state index is 12.4. The minimum atomic E-state index is 0.102. The van der Waals surface area contributed by atoms with E-state index >= 15 is 0 Å². The molecule has 26 heavy (non-hydrogen) atoms. The van der Waals surface area contributed by atoms with E-state index < -0.39 is 0 Å². The Kier molecular flexibility index (Phi) is 6.48. The zero-order chi connectivity index (χ0) is 18.5. The summed E-state index contributed by atoms with van der Waals surface area (Å²) < 4.78 is 0. The summed E-state index contributed by atoms with van der Waals surface area (Å²) in [7, 11) is 4.01. The number of benzene rings is 1. The number of hydrogen-bond donors (Lipinski definition) is 1. The summed E-state index contributed by atoms with van der Waals surface area (Å²) in [6, 6.07) is 8.33. The number of carbonyl (C=O) groups is 1. The molecule has 5 nitrogen and oxygen atoms in total. The van der Waals surface area contributed by atoms with E-state index in [0.29, 0.717) is 24.3 Å². The van der Waals surface area contributed by atoms with E-state index in [1.165, 1.54) is 31.0 Å². The summed E-state index contributed by atoms with van der Waals surface area (Å²) in [6.07, 6.45) is 4.81. The molecule has 1 heterocycles. The quantitative estimate of drug-likeness (QED) is 0.621. The van der Waals surface area contributed by atoms with Crippen LogP contribution in [0.25, 0.3) is 10.9 Å². The minimum Gasteiger partial charge on any atom is -0.352 e. The van der Waals surface area contributed by atoms with Gasteiger partial charge in [-0.1, -0.05) is 49.7 Å². The number of amides is 1. The minimum absolute atomic E-state index is 0.102. The average Bonchev–Trinajstić information content (AvgIpc) is 2.61. The standard InChI is InChI=1S/C20H28N4OS/c1-14-8-4-6-10-16(14)22-19(25)13-26-20-15-9-5-7-11-17(15)21-18(23-20)12-24(2)3/h5,7,9,11,14,16H,4,6,8,10,12-13H2,1-3H3,(H,22,25)/t14-,16+/m1/s1. The van der Waals surface area contributed by atoms with Gasteiger partial charge in [0.2, 0.25) is 5.91 Å². The molecule has 1 N–H and O–H groups in total. The van der Waals surface area contributed by atoms with Crippen LogP contribution in [-0.4, -0.2) is 46.7 Å². The van der Waals surface area contributed by atoms with Crippen molar-refractivity contribution in [2.75, 3.05) is 19.8 Å². The monoisotopic (exact) mass is 372 g/mol. The van der Waals surface area contributed by atoms with E-state index in [4.69, 9.17) is 4.98 Å². The number of nitrogens with zero attached hydrogens (tertiary/aromatic N) is 3. The lowest BCUT2D eigenvalue weighted by molar-refractivity contribution is -0.119. The van der Waals surface area contributed by atoms with Crippen molar-refractivity contribution in [3.8, 4) is 0 Å². The Labute approximate surface area is 160 Å². The number of rotatable bonds is 6. The van der Waals surface area contributed by atoms with Crippen LogP contribution in [0, 0.1) is 5.92 Å². The Morgan fingerprint density at radius 1 is 1.23 bits per heavy atom. The molecule has 1 aromatic heterocycles. The van der Waals surface area contributed by atoms with Crippen molar-refractivity contribution in [2.45, 2.75) is 50.2 Å². The third-order valence-electron chi connectivity index (χ3n) is 4.87. The Morgan fingerprint density at radius 3 is 2.77 bits per heavy atom. The molecule has 6 heteroatoms. The topological polar surface area (TPSA) is 58.1 Å². The third-order valence-corrected chi connectivity index (χ3v) is 5.86. The Balaban J connectivity index is 1.70. The highest BCUT2D eigenvalue weighted by Gasteiger charge is 2.23. The van der Waals surface area contributed by atoms with Crippen LogP contribution in [0.5, 0.6) is 0 Å². The highest BCUT2D eigenvalue weighted by Crippen LogP contribution is 2.26. The van der Waals surface area contributed by atoms with Crippen LogP contribution in [0.4, 0.5) is 0 Å². The molecule has 0 unspecified atom stereocenters.